The Balaban J connectivity index is 1.86. The zero-order chi connectivity index (χ0) is 9.26. The lowest BCUT2D eigenvalue weighted by Crippen LogP contribution is -2.47. The molecule has 0 aromatic rings. The molecule has 0 aliphatic carbocycles. The van der Waals surface area contributed by atoms with Crippen molar-refractivity contribution < 1.29 is 14.1 Å². The number of rotatable bonds is 1. The van der Waals surface area contributed by atoms with Gasteiger partial charge in [0.25, 0.3) is 0 Å². The van der Waals surface area contributed by atoms with Crippen molar-refractivity contribution >= 4 is 13.7 Å². The quantitative estimate of drug-likeness (QED) is 0.565. The zero-order valence-corrected chi connectivity index (χ0v) is 8.49. The Bertz CT molecular complexity index is 230. The largest absolute Gasteiger partial charge is 0.380 e. The summed E-state index contributed by atoms with van der Waals surface area (Å²) < 4.78 is 16.1. The van der Waals surface area contributed by atoms with E-state index in [-0.39, 0.29) is 11.8 Å². The molecule has 2 saturated heterocycles. The van der Waals surface area contributed by atoms with E-state index in [1.165, 1.54) is 0 Å². The van der Waals surface area contributed by atoms with E-state index in [1.54, 1.807) is 0 Å². The molecule has 0 aromatic heterocycles. The fourth-order valence-electron chi connectivity index (χ4n) is 1.61. The summed E-state index contributed by atoms with van der Waals surface area (Å²) in [7, 11) is -1.35. The van der Waals surface area contributed by atoms with E-state index in [9.17, 15) is 9.36 Å². The Morgan fingerprint density at radius 2 is 1.92 bits per heavy atom. The molecule has 0 saturated carbocycles. The molecule has 4 nitrogen and oxygen atoms in total. The lowest BCUT2D eigenvalue weighted by molar-refractivity contribution is -0.149. The van der Waals surface area contributed by atoms with Crippen LogP contribution in [0.15, 0.2) is 0 Å². The summed E-state index contributed by atoms with van der Waals surface area (Å²) in [5, 5.41) is 0. The maximum absolute atomic E-state index is 11.6. The molecule has 0 atom stereocenters. The third-order valence-electron chi connectivity index (χ3n) is 2.62. The second kappa shape index (κ2) is 3.81. The van der Waals surface area contributed by atoms with Crippen LogP contribution in [0.3, 0.4) is 0 Å². The molecular formula is C8H14NO3P. The van der Waals surface area contributed by atoms with E-state index in [2.05, 4.69) is 0 Å². The van der Waals surface area contributed by atoms with Crippen LogP contribution in [-0.2, 0) is 14.1 Å². The highest BCUT2D eigenvalue weighted by Crippen LogP contribution is 2.25. The first-order valence-corrected chi connectivity index (χ1v) is 6.48. The minimum atomic E-state index is -1.35. The Hall–Kier alpha value is -0.340. The van der Waals surface area contributed by atoms with Crippen LogP contribution >= 0.6 is 7.80 Å². The van der Waals surface area contributed by atoms with Gasteiger partial charge in [-0.15, -0.1) is 0 Å². The van der Waals surface area contributed by atoms with Crippen LogP contribution in [-0.4, -0.2) is 49.4 Å². The number of amides is 1. The van der Waals surface area contributed by atoms with Gasteiger partial charge in [0.1, 0.15) is 0 Å². The molecule has 2 rings (SSSR count). The van der Waals surface area contributed by atoms with E-state index >= 15 is 0 Å². The van der Waals surface area contributed by atoms with Crippen LogP contribution in [0, 0.1) is 5.92 Å². The number of hydrogen-bond acceptors (Lipinski definition) is 3. The van der Waals surface area contributed by atoms with E-state index in [1.807, 2.05) is 4.90 Å². The summed E-state index contributed by atoms with van der Waals surface area (Å²) in [5.41, 5.74) is 0. The number of nitrogens with zero attached hydrogens (tertiary/aromatic N) is 1. The topological polar surface area (TPSA) is 46.6 Å². The van der Waals surface area contributed by atoms with Crippen LogP contribution in [0.4, 0.5) is 0 Å². The molecule has 0 bridgehead atoms. The standard InChI is InChI=1S/C8H14NO3P/c10-8(7-5-12-6-7)9-1-3-13(11)4-2-9/h7,13H,1-6H2. The van der Waals surface area contributed by atoms with Gasteiger partial charge in [0, 0.05) is 25.4 Å². The summed E-state index contributed by atoms with van der Waals surface area (Å²) in [6.45, 7) is 2.52. The van der Waals surface area contributed by atoms with Crippen molar-refractivity contribution in [3.8, 4) is 0 Å². The highest BCUT2D eigenvalue weighted by Gasteiger charge is 2.31. The van der Waals surface area contributed by atoms with Crippen LogP contribution < -0.4 is 0 Å². The predicted octanol–water partition coefficient (Wildman–Crippen LogP) is 0.0347. The summed E-state index contributed by atoms with van der Waals surface area (Å²) in [4.78, 5) is 13.5. The molecule has 0 radical (unpaired) electrons. The lowest BCUT2D eigenvalue weighted by Gasteiger charge is -2.33. The van der Waals surface area contributed by atoms with Crippen molar-refractivity contribution in [2.75, 3.05) is 38.6 Å². The van der Waals surface area contributed by atoms with E-state index in [0.29, 0.717) is 38.6 Å². The summed E-state index contributed by atoms with van der Waals surface area (Å²) in [6, 6.07) is 0. The molecule has 0 aromatic carbocycles. The summed E-state index contributed by atoms with van der Waals surface area (Å²) >= 11 is 0. The van der Waals surface area contributed by atoms with Crippen molar-refractivity contribution in [3.63, 3.8) is 0 Å². The van der Waals surface area contributed by atoms with E-state index < -0.39 is 7.80 Å². The monoisotopic (exact) mass is 203 g/mol. The number of ether oxygens (including phenoxy) is 1. The molecule has 2 heterocycles. The van der Waals surface area contributed by atoms with Crippen LogP contribution in [0.2, 0.25) is 0 Å². The molecule has 0 N–H and O–H groups in total. The third-order valence-corrected chi connectivity index (χ3v) is 4.18. The Kier molecular flexibility index (Phi) is 2.70. The second-order valence-corrected chi connectivity index (χ2v) is 5.68. The average Bonchev–Trinajstić information content (AvgIpc) is 2.02. The fraction of sp³-hybridized carbons (Fsp3) is 0.875. The smallest absolute Gasteiger partial charge is 0.230 e. The van der Waals surface area contributed by atoms with Gasteiger partial charge in [-0.25, -0.2) is 0 Å². The molecular weight excluding hydrogens is 189 g/mol. The van der Waals surface area contributed by atoms with Gasteiger partial charge in [0.2, 0.25) is 5.91 Å². The van der Waals surface area contributed by atoms with Crippen molar-refractivity contribution in [1.82, 2.24) is 4.90 Å². The van der Waals surface area contributed by atoms with Gasteiger partial charge < -0.3 is 14.2 Å². The highest BCUT2D eigenvalue weighted by molar-refractivity contribution is 7.44. The van der Waals surface area contributed by atoms with Crippen molar-refractivity contribution in [3.05, 3.63) is 0 Å². The average molecular weight is 203 g/mol. The lowest BCUT2D eigenvalue weighted by atomic mass is 10.1. The minimum Gasteiger partial charge on any atom is -0.380 e. The molecule has 1 amide bonds. The van der Waals surface area contributed by atoms with Gasteiger partial charge in [-0.2, -0.15) is 0 Å². The van der Waals surface area contributed by atoms with Crippen LogP contribution in [0.25, 0.3) is 0 Å². The first kappa shape index (κ1) is 9.22. The van der Waals surface area contributed by atoms with Gasteiger partial charge in [0.05, 0.1) is 26.9 Å². The normalized spacial score (nSPS) is 25.7. The first-order valence-electron chi connectivity index (χ1n) is 4.65. The van der Waals surface area contributed by atoms with Crippen molar-refractivity contribution in [1.29, 1.82) is 0 Å². The summed E-state index contributed by atoms with van der Waals surface area (Å²) in [5.74, 6) is 0.279. The molecule has 5 heteroatoms. The molecule has 2 aliphatic rings. The molecule has 13 heavy (non-hydrogen) atoms. The van der Waals surface area contributed by atoms with Crippen LogP contribution in [0.1, 0.15) is 0 Å². The van der Waals surface area contributed by atoms with Gasteiger partial charge in [-0.05, 0) is 0 Å². The van der Waals surface area contributed by atoms with Gasteiger partial charge >= 0.3 is 0 Å². The third kappa shape index (κ3) is 1.94. The number of carbonyl (C=O) groups is 1. The fourth-order valence-corrected chi connectivity index (χ4v) is 2.90. The zero-order valence-electron chi connectivity index (χ0n) is 7.49. The van der Waals surface area contributed by atoms with E-state index in [0.717, 1.165) is 0 Å². The van der Waals surface area contributed by atoms with Crippen molar-refractivity contribution in [2.24, 2.45) is 5.92 Å². The van der Waals surface area contributed by atoms with Crippen LogP contribution in [0.5, 0.6) is 0 Å². The van der Waals surface area contributed by atoms with Crippen molar-refractivity contribution in [2.45, 2.75) is 0 Å². The molecule has 0 unspecified atom stereocenters. The van der Waals surface area contributed by atoms with Gasteiger partial charge in [0.15, 0.2) is 0 Å². The molecule has 0 spiro atoms. The maximum Gasteiger partial charge on any atom is 0.230 e. The molecule has 2 fully saturated rings. The maximum atomic E-state index is 11.6. The van der Waals surface area contributed by atoms with Gasteiger partial charge in [-0.3, -0.25) is 4.79 Å². The summed E-state index contributed by atoms with van der Waals surface area (Å²) in [6.07, 6.45) is 1.42. The number of carbonyl (C=O) groups excluding carboxylic acids is 1. The Morgan fingerprint density at radius 3 is 2.38 bits per heavy atom. The predicted molar refractivity (Wildman–Crippen MR) is 49.6 cm³/mol. The minimum absolute atomic E-state index is 0.0837. The SMILES string of the molecule is O=C(C1COC1)N1CC[PH](=O)CC1. The van der Waals surface area contributed by atoms with E-state index in [4.69, 9.17) is 4.74 Å². The molecule has 2 aliphatic heterocycles. The molecule has 74 valence electrons. The Morgan fingerprint density at radius 1 is 1.31 bits per heavy atom. The number of hydrogen-bond donors (Lipinski definition) is 0. The highest BCUT2D eigenvalue weighted by atomic mass is 31.1. The second-order valence-electron chi connectivity index (χ2n) is 3.60. The first-order chi connectivity index (χ1) is 6.27. The van der Waals surface area contributed by atoms with Gasteiger partial charge in [-0.1, -0.05) is 0 Å². The Labute approximate surface area is 78.0 Å².